The Kier molecular flexibility index (Phi) is 3.85. The van der Waals surface area contributed by atoms with Gasteiger partial charge in [-0.3, -0.25) is 0 Å². The Morgan fingerprint density at radius 2 is 1.68 bits per heavy atom. The molecule has 3 nitrogen and oxygen atoms in total. The van der Waals surface area contributed by atoms with Gasteiger partial charge in [0.1, 0.15) is 12.4 Å². The molecule has 0 amide bonds. The zero-order valence-corrected chi connectivity index (χ0v) is 11.0. The lowest BCUT2D eigenvalue weighted by atomic mass is 10.1. The van der Waals surface area contributed by atoms with Crippen LogP contribution in [-0.2, 0) is 11.3 Å². The maximum atomic E-state index is 11.8. The van der Waals surface area contributed by atoms with Crippen molar-refractivity contribution in [3.05, 3.63) is 64.7 Å². The molecule has 0 bridgehead atoms. The molecule has 1 N–H and O–H groups in total. The van der Waals surface area contributed by atoms with Crippen LogP contribution >= 0.6 is 0 Å². The van der Waals surface area contributed by atoms with Crippen molar-refractivity contribution in [1.82, 2.24) is 0 Å². The molecule has 0 radical (unpaired) electrons. The quantitative estimate of drug-likeness (QED) is 0.856. The summed E-state index contributed by atoms with van der Waals surface area (Å²) in [6.07, 6.45) is 0. The number of carbonyl (C=O) groups is 1. The van der Waals surface area contributed by atoms with E-state index in [2.05, 4.69) is 0 Å². The Hall–Kier alpha value is -2.29. The number of benzene rings is 2. The van der Waals surface area contributed by atoms with E-state index < -0.39 is 0 Å². The van der Waals surface area contributed by atoms with E-state index in [1.54, 1.807) is 24.3 Å². The highest BCUT2D eigenvalue weighted by Gasteiger charge is 2.08. The van der Waals surface area contributed by atoms with Crippen LogP contribution in [0.5, 0.6) is 5.75 Å². The second kappa shape index (κ2) is 5.57. The predicted octanol–water partition coefficient (Wildman–Crippen LogP) is 3.37. The van der Waals surface area contributed by atoms with Gasteiger partial charge in [-0.2, -0.15) is 0 Å². The number of hydrogen-bond donors (Lipinski definition) is 1. The molecule has 0 unspecified atom stereocenters. The number of phenols is 1. The van der Waals surface area contributed by atoms with Crippen LogP contribution in [0.25, 0.3) is 0 Å². The Morgan fingerprint density at radius 3 is 2.26 bits per heavy atom. The van der Waals surface area contributed by atoms with E-state index in [1.807, 2.05) is 32.0 Å². The summed E-state index contributed by atoms with van der Waals surface area (Å²) in [6.45, 7) is 3.85. The highest BCUT2D eigenvalue weighted by atomic mass is 16.5. The van der Waals surface area contributed by atoms with Gasteiger partial charge in [0.05, 0.1) is 5.56 Å². The minimum atomic E-state index is -0.344. The third-order valence-electron chi connectivity index (χ3n) is 2.93. The number of ether oxygens (including phenoxy) is 1. The van der Waals surface area contributed by atoms with Crippen LogP contribution in [0.1, 0.15) is 27.0 Å². The molecule has 0 spiro atoms. The summed E-state index contributed by atoms with van der Waals surface area (Å²) in [5.74, 6) is -0.0536. The number of aryl methyl sites for hydroxylation is 2. The molecule has 0 fully saturated rings. The van der Waals surface area contributed by atoms with Gasteiger partial charge in [-0.25, -0.2) is 4.79 Å². The van der Waals surface area contributed by atoms with Crippen LogP contribution < -0.4 is 0 Å². The van der Waals surface area contributed by atoms with Crippen LogP contribution in [0.15, 0.2) is 42.5 Å². The Bertz CT molecular complexity index is 565. The van der Waals surface area contributed by atoms with Gasteiger partial charge in [0.2, 0.25) is 0 Å². The third-order valence-corrected chi connectivity index (χ3v) is 2.93. The molecular weight excluding hydrogens is 240 g/mol. The van der Waals surface area contributed by atoms with E-state index in [4.69, 9.17) is 4.74 Å². The number of rotatable bonds is 3. The van der Waals surface area contributed by atoms with Crippen LogP contribution in [0.3, 0.4) is 0 Å². The van der Waals surface area contributed by atoms with E-state index in [0.29, 0.717) is 5.56 Å². The van der Waals surface area contributed by atoms with Crippen LogP contribution in [0.4, 0.5) is 0 Å². The summed E-state index contributed by atoms with van der Waals surface area (Å²) >= 11 is 0. The molecule has 0 atom stereocenters. The van der Waals surface area contributed by atoms with Crippen molar-refractivity contribution >= 4 is 5.97 Å². The van der Waals surface area contributed by atoms with Crippen molar-refractivity contribution in [2.75, 3.05) is 0 Å². The maximum absolute atomic E-state index is 11.8. The molecule has 0 aromatic heterocycles. The minimum Gasteiger partial charge on any atom is -0.507 e. The van der Waals surface area contributed by atoms with Crippen LogP contribution in [0.2, 0.25) is 0 Å². The lowest BCUT2D eigenvalue weighted by molar-refractivity contribution is 0.0472. The highest BCUT2D eigenvalue weighted by molar-refractivity contribution is 5.89. The molecule has 2 aromatic rings. The molecule has 2 aromatic carbocycles. The monoisotopic (exact) mass is 256 g/mol. The Labute approximate surface area is 112 Å². The summed E-state index contributed by atoms with van der Waals surface area (Å²) in [6, 6.07) is 12.5. The summed E-state index contributed by atoms with van der Waals surface area (Å²) in [4.78, 5) is 11.8. The fourth-order valence-electron chi connectivity index (χ4n) is 1.94. The normalized spacial score (nSPS) is 10.2. The molecular formula is C16H16O3. The number of hydrogen-bond acceptors (Lipinski definition) is 3. The highest BCUT2D eigenvalue weighted by Crippen LogP contribution is 2.23. The summed E-state index contributed by atoms with van der Waals surface area (Å²) < 4.78 is 5.24. The van der Waals surface area contributed by atoms with E-state index in [-0.39, 0.29) is 18.3 Å². The van der Waals surface area contributed by atoms with Crippen molar-refractivity contribution in [1.29, 1.82) is 0 Å². The van der Waals surface area contributed by atoms with Crippen molar-refractivity contribution in [3.63, 3.8) is 0 Å². The van der Waals surface area contributed by atoms with Gasteiger partial charge >= 0.3 is 5.97 Å². The van der Waals surface area contributed by atoms with Gasteiger partial charge in [0.15, 0.2) is 0 Å². The van der Waals surface area contributed by atoms with E-state index >= 15 is 0 Å². The van der Waals surface area contributed by atoms with E-state index in [0.717, 1.165) is 16.7 Å². The second-order valence-electron chi connectivity index (χ2n) is 4.52. The van der Waals surface area contributed by atoms with Crippen molar-refractivity contribution in [2.24, 2.45) is 0 Å². The molecule has 0 aliphatic rings. The third kappa shape index (κ3) is 3.13. The molecule has 0 aliphatic carbocycles. The lowest BCUT2D eigenvalue weighted by Gasteiger charge is -2.09. The van der Waals surface area contributed by atoms with Crippen LogP contribution in [-0.4, -0.2) is 11.1 Å². The number of aromatic hydroxyl groups is 1. The first-order valence-electron chi connectivity index (χ1n) is 6.09. The van der Waals surface area contributed by atoms with Gasteiger partial charge in [0, 0.05) is 0 Å². The van der Waals surface area contributed by atoms with Crippen molar-refractivity contribution < 1.29 is 14.6 Å². The van der Waals surface area contributed by atoms with E-state index in [9.17, 15) is 9.90 Å². The minimum absolute atomic E-state index is 0.204. The molecule has 0 saturated heterocycles. The first-order valence-corrected chi connectivity index (χ1v) is 6.09. The average molecular weight is 256 g/mol. The van der Waals surface area contributed by atoms with Gasteiger partial charge in [0.25, 0.3) is 0 Å². The number of carbonyl (C=O) groups excluding carboxylic acids is 1. The molecule has 0 aliphatic heterocycles. The van der Waals surface area contributed by atoms with E-state index in [1.165, 1.54) is 0 Å². The first kappa shape index (κ1) is 13.1. The standard InChI is InChI=1S/C16H16O3/c1-11-8-13(9-12(2)15(11)17)10-19-16(18)14-6-4-3-5-7-14/h3-9,17H,10H2,1-2H3. The van der Waals surface area contributed by atoms with Gasteiger partial charge in [-0.15, -0.1) is 0 Å². The van der Waals surface area contributed by atoms with Gasteiger partial charge in [-0.05, 0) is 54.8 Å². The largest absolute Gasteiger partial charge is 0.507 e. The van der Waals surface area contributed by atoms with Gasteiger partial charge in [-0.1, -0.05) is 18.2 Å². The second-order valence-corrected chi connectivity index (χ2v) is 4.52. The molecule has 0 saturated carbocycles. The first-order chi connectivity index (χ1) is 9.08. The molecule has 98 valence electrons. The fourth-order valence-corrected chi connectivity index (χ4v) is 1.94. The molecule has 0 heterocycles. The SMILES string of the molecule is Cc1cc(COC(=O)c2ccccc2)cc(C)c1O. The average Bonchev–Trinajstić information content (AvgIpc) is 2.43. The predicted molar refractivity (Wildman–Crippen MR) is 73.1 cm³/mol. The molecule has 2 rings (SSSR count). The number of esters is 1. The lowest BCUT2D eigenvalue weighted by Crippen LogP contribution is -2.05. The zero-order chi connectivity index (χ0) is 13.8. The zero-order valence-electron chi connectivity index (χ0n) is 11.0. The summed E-state index contributed by atoms with van der Waals surface area (Å²) in [5.41, 5.74) is 2.98. The van der Waals surface area contributed by atoms with Crippen molar-refractivity contribution in [3.8, 4) is 5.75 Å². The van der Waals surface area contributed by atoms with Crippen LogP contribution in [0, 0.1) is 13.8 Å². The molecule has 19 heavy (non-hydrogen) atoms. The molecule has 3 heteroatoms. The topological polar surface area (TPSA) is 46.5 Å². The summed E-state index contributed by atoms with van der Waals surface area (Å²) in [7, 11) is 0. The maximum Gasteiger partial charge on any atom is 0.338 e. The summed E-state index contributed by atoms with van der Waals surface area (Å²) in [5, 5.41) is 9.68. The Balaban J connectivity index is 2.05. The number of phenolic OH excluding ortho intramolecular Hbond substituents is 1. The van der Waals surface area contributed by atoms with Gasteiger partial charge < -0.3 is 9.84 Å². The Morgan fingerprint density at radius 1 is 1.11 bits per heavy atom. The smallest absolute Gasteiger partial charge is 0.338 e. The van der Waals surface area contributed by atoms with Crippen molar-refractivity contribution in [2.45, 2.75) is 20.5 Å². The fraction of sp³-hybridized carbons (Fsp3) is 0.188.